The minimum atomic E-state index is 0.500. The fourth-order valence-electron chi connectivity index (χ4n) is 1.38. The average molecular weight is 270 g/mol. The topological polar surface area (TPSA) is 72.5 Å². The molecule has 0 aliphatic carbocycles. The van der Waals surface area contributed by atoms with E-state index in [1.54, 1.807) is 11.3 Å². The number of hydrogen-bond acceptors (Lipinski definition) is 4. The van der Waals surface area contributed by atoms with Gasteiger partial charge in [-0.05, 0) is 20.3 Å². The second kappa shape index (κ2) is 8.88. The smallest absolute Gasteiger partial charge is 0.188 e. The number of nitrogens with two attached hydrogens (primary N) is 1. The average Bonchev–Trinajstić information content (AvgIpc) is 2.75. The van der Waals surface area contributed by atoms with E-state index >= 15 is 0 Å². The minimum Gasteiger partial charge on any atom is -0.382 e. The first kappa shape index (κ1) is 14.9. The van der Waals surface area contributed by atoms with E-state index in [0.29, 0.717) is 12.5 Å². The Kier molecular flexibility index (Phi) is 7.36. The molecule has 0 fully saturated rings. The molecule has 0 unspecified atom stereocenters. The summed E-state index contributed by atoms with van der Waals surface area (Å²) in [4.78, 5) is 9.75. The molecule has 1 rings (SSSR count). The molecule has 5 nitrogen and oxygen atoms in total. The van der Waals surface area contributed by atoms with Crippen molar-refractivity contribution in [3.05, 3.63) is 16.1 Å². The van der Waals surface area contributed by atoms with Gasteiger partial charge >= 0.3 is 0 Å². The molecule has 3 N–H and O–H groups in total. The summed E-state index contributed by atoms with van der Waals surface area (Å²) in [7, 11) is 0. The van der Waals surface area contributed by atoms with Gasteiger partial charge in [0.2, 0.25) is 0 Å². The first-order valence-corrected chi connectivity index (χ1v) is 7.07. The van der Waals surface area contributed by atoms with Crippen LogP contribution in [0, 0.1) is 6.92 Å². The van der Waals surface area contributed by atoms with Crippen molar-refractivity contribution in [1.82, 2.24) is 10.3 Å². The van der Waals surface area contributed by atoms with Crippen molar-refractivity contribution in [3.8, 4) is 0 Å². The fraction of sp³-hybridized carbons (Fsp3) is 0.667. The Morgan fingerprint density at radius 3 is 3.11 bits per heavy atom. The van der Waals surface area contributed by atoms with Crippen LogP contribution in [0.1, 0.15) is 23.2 Å². The zero-order valence-corrected chi connectivity index (χ0v) is 11.9. The van der Waals surface area contributed by atoms with Crippen LogP contribution in [0.25, 0.3) is 0 Å². The second-order valence-corrected chi connectivity index (χ2v) is 5.18. The molecular weight excluding hydrogens is 248 g/mol. The number of nitrogens with one attached hydrogen (secondary N) is 1. The Bertz CT molecular complexity index is 365. The number of guanidine groups is 1. The van der Waals surface area contributed by atoms with Crippen LogP contribution in [0.15, 0.2) is 11.2 Å². The van der Waals surface area contributed by atoms with Crippen LogP contribution >= 0.6 is 11.3 Å². The Morgan fingerprint density at radius 2 is 2.44 bits per heavy atom. The molecule has 0 aromatic carbocycles. The van der Waals surface area contributed by atoms with Crippen LogP contribution in [0.4, 0.5) is 0 Å². The molecular formula is C12H22N4OS. The van der Waals surface area contributed by atoms with Gasteiger partial charge in [-0.25, -0.2) is 4.98 Å². The van der Waals surface area contributed by atoms with Gasteiger partial charge in [0.25, 0.3) is 0 Å². The highest BCUT2D eigenvalue weighted by molar-refractivity contribution is 7.11. The van der Waals surface area contributed by atoms with Gasteiger partial charge in [0.15, 0.2) is 5.96 Å². The summed E-state index contributed by atoms with van der Waals surface area (Å²) in [6.07, 6.45) is 3.68. The van der Waals surface area contributed by atoms with Gasteiger partial charge in [-0.1, -0.05) is 0 Å². The van der Waals surface area contributed by atoms with Gasteiger partial charge in [0, 0.05) is 43.8 Å². The van der Waals surface area contributed by atoms with Gasteiger partial charge in [-0.3, -0.25) is 4.99 Å². The summed E-state index contributed by atoms with van der Waals surface area (Å²) >= 11 is 1.72. The third kappa shape index (κ3) is 6.56. The lowest BCUT2D eigenvalue weighted by atomic mass is 10.4. The van der Waals surface area contributed by atoms with Crippen molar-refractivity contribution in [3.63, 3.8) is 0 Å². The van der Waals surface area contributed by atoms with Gasteiger partial charge in [-0.15, -0.1) is 11.3 Å². The summed E-state index contributed by atoms with van der Waals surface area (Å²) in [5, 5.41) is 4.21. The molecule has 1 aromatic rings. The largest absolute Gasteiger partial charge is 0.382 e. The van der Waals surface area contributed by atoms with E-state index in [2.05, 4.69) is 22.2 Å². The van der Waals surface area contributed by atoms with Crippen LogP contribution in [-0.4, -0.2) is 37.2 Å². The highest BCUT2D eigenvalue weighted by atomic mass is 32.1. The number of ether oxygens (including phenoxy) is 1. The summed E-state index contributed by atoms with van der Waals surface area (Å²) in [5.74, 6) is 0.500. The molecule has 0 bridgehead atoms. The van der Waals surface area contributed by atoms with Crippen molar-refractivity contribution in [2.45, 2.75) is 26.7 Å². The molecule has 102 valence electrons. The van der Waals surface area contributed by atoms with E-state index in [0.717, 1.165) is 37.6 Å². The zero-order chi connectivity index (χ0) is 13.2. The summed E-state index contributed by atoms with van der Waals surface area (Å²) in [5.41, 5.74) is 5.74. The number of rotatable bonds is 8. The maximum absolute atomic E-state index is 5.74. The number of nitrogens with zero attached hydrogens (tertiary/aromatic N) is 2. The van der Waals surface area contributed by atoms with Gasteiger partial charge in [0.1, 0.15) is 0 Å². The van der Waals surface area contributed by atoms with Crippen molar-refractivity contribution in [2.24, 2.45) is 10.7 Å². The van der Waals surface area contributed by atoms with E-state index in [1.807, 2.05) is 13.1 Å². The summed E-state index contributed by atoms with van der Waals surface area (Å²) in [6, 6.07) is 0. The lowest BCUT2D eigenvalue weighted by Gasteiger charge is -2.04. The lowest BCUT2D eigenvalue weighted by molar-refractivity contribution is 0.146. The predicted octanol–water partition coefficient (Wildman–Crippen LogP) is 1.32. The third-order valence-corrected chi connectivity index (χ3v) is 3.22. The summed E-state index contributed by atoms with van der Waals surface area (Å²) < 4.78 is 5.22. The van der Waals surface area contributed by atoms with Gasteiger partial charge < -0.3 is 15.8 Å². The van der Waals surface area contributed by atoms with E-state index in [4.69, 9.17) is 10.5 Å². The van der Waals surface area contributed by atoms with E-state index in [-0.39, 0.29) is 0 Å². The monoisotopic (exact) mass is 270 g/mol. The van der Waals surface area contributed by atoms with Gasteiger partial charge in [-0.2, -0.15) is 0 Å². The predicted molar refractivity (Wildman–Crippen MR) is 76.2 cm³/mol. The number of aliphatic imine (C=N–C) groups is 1. The number of aryl methyl sites for hydroxylation is 1. The lowest BCUT2D eigenvalue weighted by Crippen LogP contribution is -2.33. The van der Waals surface area contributed by atoms with E-state index < -0.39 is 0 Å². The minimum absolute atomic E-state index is 0.500. The molecule has 18 heavy (non-hydrogen) atoms. The molecule has 0 aliphatic rings. The summed E-state index contributed by atoms with van der Waals surface area (Å²) in [6.45, 7) is 7.02. The number of thiazole rings is 1. The highest BCUT2D eigenvalue weighted by Gasteiger charge is 1.98. The Balaban J connectivity index is 2.08. The third-order valence-electron chi connectivity index (χ3n) is 2.25. The molecule has 1 heterocycles. The molecule has 0 radical (unpaired) electrons. The second-order valence-electron chi connectivity index (χ2n) is 3.86. The molecule has 0 saturated heterocycles. The standard InChI is InChI=1S/C12H22N4OS/c1-3-17-8-4-6-14-12(13)15-7-5-11-16-9-10(2)18-11/h9H,3-8H2,1-2H3,(H3,13,14,15). The van der Waals surface area contributed by atoms with E-state index in [1.165, 1.54) is 4.88 Å². The maximum Gasteiger partial charge on any atom is 0.188 e. The van der Waals surface area contributed by atoms with Crippen LogP contribution in [0.3, 0.4) is 0 Å². The van der Waals surface area contributed by atoms with Crippen molar-refractivity contribution in [2.75, 3.05) is 26.3 Å². The Labute approximate surface area is 112 Å². The molecule has 0 aliphatic heterocycles. The molecule has 0 saturated carbocycles. The molecule has 1 aromatic heterocycles. The SMILES string of the molecule is CCOCCCN=C(N)NCCc1ncc(C)s1. The number of hydrogen-bond donors (Lipinski definition) is 2. The van der Waals surface area contributed by atoms with Crippen molar-refractivity contribution >= 4 is 17.3 Å². The van der Waals surface area contributed by atoms with Gasteiger partial charge in [0.05, 0.1) is 5.01 Å². The molecule has 0 amide bonds. The Hall–Kier alpha value is -1.14. The highest BCUT2D eigenvalue weighted by Crippen LogP contribution is 2.10. The number of aromatic nitrogens is 1. The quantitative estimate of drug-likeness (QED) is 0.424. The van der Waals surface area contributed by atoms with E-state index in [9.17, 15) is 0 Å². The first-order valence-electron chi connectivity index (χ1n) is 6.25. The fourth-order valence-corrected chi connectivity index (χ4v) is 2.17. The van der Waals surface area contributed by atoms with Crippen LogP contribution in [0.2, 0.25) is 0 Å². The maximum atomic E-state index is 5.74. The van der Waals surface area contributed by atoms with Crippen molar-refractivity contribution in [1.29, 1.82) is 0 Å². The molecule has 0 atom stereocenters. The molecule has 6 heteroatoms. The molecule has 0 spiro atoms. The van der Waals surface area contributed by atoms with Crippen LogP contribution in [-0.2, 0) is 11.2 Å². The normalized spacial score (nSPS) is 11.8. The Morgan fingerprint density at radius 1 is 1.61 bits per heavy atom. The van der Waals surface area contributed by atoms with Crippen LogP contribution in [0.5, 0.6) is 0 Å². The van der Waals surface area contributed by atoms with Crippen molar-refractivity contribution < 1.29 is 4.74 Å². The first-order chi connectivity index (χ1) is 8.72. The zero-order valence-electron chi connectivity index (χ0n) is 11.1. The van der Waals surface area contributed by atoms with Crippen LogP contribution < -0.4 is 11.1 Å².